The molecule has 2 rings (SSSR count). The Balaban J connectivity index is 1.99. The van der Waals surface area contributed by atoms with Gasteiger partial charge in [0.15, 0.2) is 0 Å². The summed E-state index contributed by atoms with van der Waals surface area (Å²) in [6.45, 7) is 2.77. The van der Waals surface area contributed by atoms with Gasteiger partial charge in [-0.3, -0.25) is 4.79 Å². The second-order valence-corrected chi connectivity index (χ2v) is 5.57. The van der Waals surface area contributed by atoms with E-state index in [1.807, 2.05) is 48.7 Å². The number of rotatable bonds is 5. The van der Waals surface area contributed by atoms with Gasteiger partial charge in [0.05, 0.1) is 5.56 Å². The molecule has 2 aromatic rings. The van der Waals surface area contributed by atoms with Crippen molar-refractivity contribution >= 4 is 17.7 Å². The molecule has 0 fully saturated rings. The van der Waals surface area contributed by atoms with Gasteiger partial charge in [0.2, 0.25) is 0 Å². The van der Waals surface area contributed by atoms with Crippen LogP contribution in [-0.2, 0) is 0 Å². The van der Waals surface area contributed by atoms with Crippen molar-refractivity contribution in [3.05, 3.63) is 65.7 Å². The van der Waals surface area contributed by atoms with Gasteiger partial charge in [0, 0.05) is 11.4 Å². The molecular formula is C17H19NOS. The van der Waals surface area contributed by atoms with Crippen molar-refractivity contribution in [2.24, 2.45) is 0 Å². The number of hydrogen-bond acceptors (Lipinski definition) is 2. The minimum atomic E-state index is -0.00210. The molecule has 2 nitrogen and oxygen atoms in total. The predicted octanol–water partition coefficient (Wildman–Crippen LogP) is 3.94. The van der Waals surface area contributed by atoms with Crippen molar-refractivity contribution in [2.75, 3.05) is 12.8 Å². The Hall–Kier alpha value is -1.74. The van der Waals surface area contributed by atoms with E-state index < -0.39 is 0 Å². The first-order valence-electron chi connectivity index (χ1n) is 6.68. The fraction of sp³-hybridized carbons (Fsp3) is 0.235. The molecular weight excluding hydrogens is 266 g/mol. The van der Waals surface area contributed by atoms with Crippen LogP contribution in [0.3, 0.4) is 0 Å². The Labute approximate surface area is 124 Å². The first kappa shape index (κ1) is 14.7. The Morgan fingerprint density at radius 3 is 2.45 bits per heavy atom. The first-order chi connectivity index (χ1) is 9.72. The summed E-state index contributed by atoms with van der Waals surface area (Å²) < 4.78 is 0. The van der Waals surface area contributed by atoms with E-state index in [4.69, 9.17) is 0 Å². The minimum absolute atomic E-state index is 0.00210. The third-order valence-corrected chi connectivity index (χ3v) is 4.08. The highest BCUT2D eigenvalue weighted by atomic mass is 32.2. The lowest BCUT2D eigenvalue weighted by Crippen LogP contribution is -2.27. The number of carbonyl (C=O) groups excluding carboxylic acids is 1. The average molecular weight is 285 g/mol. The zero-order valence-electron chi connectivity index (χ0n) is 11.8. The molecule has 0 saturated carbocycles. The molecule has 1 N–H and O–H groups in total. The van der Waals surface area contributed by atoms with E-state index >= 15 is 0 Å². The number of hydrogen-bond donors (Lipinski definition) is 1. The highest BCUT2D eigenvalue weighted by Gasteiger charge is 2.12. The van der Waals surface area contributed by atoms with Crippen molar-refractivity contribution in [3.8, 4) is 0 Å². The third-order valence-electron chi connectivity index (χ3n) is 3.29. The molecule has 0 aromatic heterocycles. The van der Waals surface area contributed by atoms with Gasteiger partial charge in [-0.25, -0.2) is 0 Å². The molecule has 1 atom stereocenters. The molecule has 0 heterocycles. The quantitative estimate of drug-likeness (QED) is 0.843. The van der Waals surface area contributed by atoms with E-state index in [2.05, 4.69) is 24.4 Å². The predicted molar refractivity (Wildman–Crippen MR) is 85.4 cm³/mol. The van der Waals surface area contributed by atoms with Crippen molar-refractivity contribution in [3.63, 3.8) is 0 Å². The van der Waals surface area contributed by atoms with Crippen LogP contribution in [0.1, 0.15) is 28.8 Å². The zero-order chi connectivity index (χ0) is 14.4. The van der Waals surface area contributed by atoms with Gasteiger partial charge in [0.25, 0.3) is 5.91 Å². The number of carbonyl (C=O) groups is 1. The summed E-state index contributed by atoms with van der Waals surface area (Å²) in [5.74, 6) is 0.305. The van der Waals surface area contributed by atoms with Gasteiger partial charge in [-0.15, -0.1) is 11.8 Å². The Morgan fingerprint density at radius 2 is 1.75 bits per heavy atom. The highest BCUT2D eigenvalue weighted by molar-refractivity contribution is 7.98. The maximum atomic E-state index is 12.2. The monoisotopic (exact) mass is 285 g/mol. The molecule has 20 heavy (non-hydrogen) atoms. The maximum absolute atomic E-state index is 12.2. The van der Waals surface area contributed by atoms with Crippen LogP contribution in [0.4, 0.5) is 0 Å². The standard InChI is InChI=1S/C17H19NOS/c1-13(14-8-4-3-5-9-14)12-18-17(19)15-10-6-7-11-16(15)20-2/h3-11,13H,12H2,1-2H3,(H,18,19). The van der Waals surface area contributed by atoms with Gasteiger partial charge in [-0.1, -0.05) is 49.4 Å². The Kier molecular flexibility index (Phi) is 5.24. The molecule has 0 aliphatic carbocycles. The van der Waals surface area contributed by atoms with E-state index in [1.54, 1.807) is 11.8 Å². The van der Waals surface area contributed by atoms with E-state index in [1.165, 1.54) is 5.56 Å². The summed E-state index contributed by atoms with van der Waals surface area (Å²) in [5, 5.41) is 3.02. The average Bonchev–Trinajstić information content (AvgIpc) is 2.53. The largest absolute Gasteiger partial charge is 0.351 e. The number of thioether (sulfide) groups is 1. The SMILES string of the molecule is CSc1ccccc1C(=O)NCC(C)c1ccccc1. The van der Waals surface area contributed by atoms with Crippen LogP contribution in [0, 0.1) is 0 Å². The van der Waals surface area contributed by atoms with Crippen molar-refractivity contribution in [1.29, 1.82) is 0 Å². The van der Waals surface area contributed by atoms with E-state index in [0.29, 0.717) is 12.5 Å². The van der Waals surface area contributed by atoms with E-state index in [9.17, 15) is 4.79 Å². The smallest absolute Gasteiger partial charge is 0.252 e. The number of nitrogens with one attached hydrogen (secondary N) is 1. The van der Waals surface area contributed by atoms with Crippen LogP contribution in [0.2, 0.25) is 0 Å². The van der Waals surface area contributed by atoms with Gasteiger partial charge in [-0.05, 0) is 29.9 Å². The minimum Gasteiger partial charge on any atom is -0.351 e. The fourth-order valence-electron chi connectivity index (χ4n) is 2.07. The lowest BCUT2D eigenvalue weighted by Gasteiger charge is -2.14. The molecule has 3 heteroatoms. The molecule has 0 spiro atoms. The second kappa shape index (κ2) is 7.15. The molecule has 0 radical (unpaired) electrons. The Morgan fingerprint density at radius 1 is 1.10 bits per heavy atom. The third kappa shape index (κ3) is 3.64. The summed E-state index contributed by atoms with van der Waals surface area (Å²) in [7, 11) is 0. The van der Waals surface area contributed by atoms with Crippen LogP contribution in [0.15, 0.2) is 59.5 Å². The summed E-state index contributed by atoms with van der Waals surface area (Å²) in [4.78, 5) is 13.2. The molecule has 0 aliphatic heterocycles. The van der Waals surface area contributed by atoms with Gasteiger partial charge in [-0.2, -0.15) is 0 Å². The lowest BCUT2D eigenvalue weighted by atomic mass is 10.0. The summed E-state index contributed by atoms with van der Waals surface area (Å²) in [6, 6.07) is 17.9. The molecule has 104 valence electrons. The Bertz CT molecular complexity index is 568. The molecule has 1 amide bonds. The number of amides is 1. The van der Waals surface area contributed by atoms with Gasteiger partial charge in [0.1, 0.15) is 0 Å². The van der Waals surface area contributed by atoms with Gasteiger partial charge >= 0.3 is 0 Å². The highest BCUT2D eigenvalue weighted by Crippen LogP contribution is 2.20. The molecule has 0 bridgehead atoms. The summed E-state index contributed by atoms with van der Waals surface area (Å²) in [6.07, 6.45) is 1.98. The van der Waals surface area contributed by atoms with E-state index in [0.717, 1.165) is 10.5 Å². The molecule has 1 unspecified atom stereocenters. The fourth-order valence-corrected chi connectivity index (χ4v) is 2.67. The van der Waals surface area contributed by atoms with Crippen molar-refractivity contribution in [1.82, 2.24) is 5.32 Å². The number of benzene rings is 2. The van der Waals surface area contributed by atoms with Crippen LogP contribution in [0.25, 0.3) is 0 Å². The summed E-state index contributed by atoms with van der Waals surface area (Å²) >= 11 is 1.59. The first-order valence-corrected chi connectivity index (χ1v) is 7.91. The molecule has 0 aliphatic rings. The molecule has 0 saturated heterocycles. The maximum Gasteiger partial charge on any atom is 0.252 e. The normalized spacial score (nSPS) is 11.9. The van der Waals surface area contributed by atoms with Crippen molar-refractivity contribution in [2.45, 2.75) is 17.7 Å². The lowest BCUT2D eigenvalue weighted by molar-refractivity contribution is 0.0949. The second-order valence-electron chi connectivity index (χ2n) is 4.72. The molecule has 2 aromatic carbocycles. The van der Waals surface area contributed by atoms with Crippen LogP contribution >= 0.6 is 11.8 Å². The topological polar surface area (TPSA) is 29.1 Å². The van der Waals surface area contributed by atoms with Crippen molar-refractivity contribution < 1.29 is 4.79 Å². The van der Waals surface area contributed by atoms with Crippen LogP contribution in [-0.4, -0.2) is 18.7 Å². The van der Waals surface area contributed by atoms with Crippen LogP contribution in [0.5, 0.6) is 0 Å². The van der Waals surface area contributed by atoms with E-state index in [-0.39, 0.29) is 5.91 Å². The van der Waals surface area contributed by atoms with Gasteiger partial charge < -0.3 is 5.32 Å². The zero-order valence-corrected chi connectivity index (χ0v) is 12.6. The summed E-state index contributed by atoms with van der Waals surface area (Å²) in [5.41, 5.74) is 1.99. The van der Waals surface area contributed by atoms with Crippen LogP contribution < -0.4 is 5.32 Å².